The fourth-order valence-electron chi connectivity index (χ4n) is 2.76. The Morgan fingerprint density at radius 3 is 2.79 bits per heavy atom. The molecule has 19 heavy (non-hydrogen) atoms. The van der Waals surface area contributed by atoms with Crippen molar-refractivity contribution in [3.05, 3.63) is 29.8 Å². The topological polar surface area (TPSA) is 29.3 Å². The molecule has 2 N–H and O–H groups in total. The van der Waals surface area contributed by atoms with Crippen LogP contribution >= 0.6 is 11.8 Å². The molecule has 2 nitrogen and oxygen atoms in total. The largest absolute Gasteiger partial charge is 0.330 e. The van der Waals surface area contributed by atoms with Gasteiger partial charge < -0.3 is 5.73 Å². The second-order valence-electron chi connectivity index (χ2n) is 6.12. The lowest BCUT2D eigenvalue weighted by Crippen LogP contribution is -2.41. The van der Waals surface area contributed by atoms with E-state index in [1.165, 1.54) is 22.6 Å². The zero-order valence-corrected chi connectivity index (χ0v) is 13.2. The molecule has 1 aliphatic rings. The molecular formula is C16H26N2S. The average molecular weight is 278 g/mol. The lowest BCUT2D eigenvalue weighted by molar-refractivity contribution is 0.134. The van der Waals surface area contributed by atoms with Crippen molar-refractivity contribution in [3.8, 4) is 0 Å². The fraction of sp³-hybridized carbons (Fsp3) is 0.625. The van der Waals surface area contributed by atoms with E-state index in [1.54, 1.807) is 0 Å². The number of rotatable bonds is 5. The van der Waals surface area contributed by atoms with Gasteiger partial charge in [0.25, 0.3) is 0 Å². The molecule has 0 amide bonds. The van der Waals surface area contributed by atoms with Gasteiger partial charge in [0.05, 0.1) is 0 Å². The molecule has 1 aliphatic heterocycles. The van der Waals surface area contributed by atoms with Gasteiger partial charge in [-0.15, -0.1) is 11.8 Å². The van der Waals surface area contributed by atoms with E-state index in [1.807, 2.05) is 11.8 Å². The molecule has 0 fully saturated rings. The molecule has 1 aromatic carbocycles. The van der Waals surface area contributed by atoms with Crippen LogP contribution in [0, 0.1) is 5.41 Å². The lowest BCUT2D eigenvalue weighted by atomic mass is 9.91. The van der Waals surface area contributed by atoms with Crippen molar-refractivity contribution >= 4 is 11.8 Å². The molecule has 0 aliphatic carbocycles. The van der Waals surface area contributed by atoms with E-state index >= 15 is 0 Å². The Bertz CT molecular complexity index is 417. The molecule has 2 rings (SSSR count). The maximum absolute atomic E-state index is 5.90. The monoisotopic (exact) mass is 278 g/mol. The fourth-order valence-corrected chi connectivity index (χ4v) is 3.87. The second-order valence-corrected chi connectivity index (χ2v) is 7.26. The standard InChI is InChI=1S/C16H26N2S/c1-4-18(12-16(2,3)11-17)14-9-10-19-15-8-6-5-7-13(14)15/h5-8,14H,4,9-12,17H2,1-3H3. The molecule has 1 heterocycles. The molecule has 0 bridgehead atoms. The Hall–Kier alpha value is -0.510. The summed E-state index contributed by atoms with van der Waals surface area (Å²) in [5.41, 5.74) is 7.60. The number of fused-ring (bicyclic) bond motifs is 1. The van der Waals surface area contributed by atoms with Gasteiger partial charge in [-0.1, -0.05) is 39.0 Å². The van der Waals surface area contributed by atoms with Gasteiger partial charge in [0.15, 0.2) is 0 Å². The van der Waals surface area contributed by atoms with Crippen LogP contribution in [0.2, 0.25) is 0 Å². The van der Waals surface area contributed by atoms with Crippen molar-refractivity contribution in [3.63, 3.8) is 0 Å². The van der Waals surface area contributed by atoms with Gasteiger partial charge in [-0.3, -0.25) is 4.90 Å². The zero-order valence-electron chi connectivity index (χ0n) is 12.4. The van der Waals surface area contributed by atoms with Crippen LogP contribution in [-0.2, 0) is 0 Å². The Balaban J connectivity index is 2.20. The molecule has 0 aromatic heterocycles. The van der Waals surface area contributed by atoms with E-state index in [9.17, 15) is 0 Å². The van der Waals surface area contributed by atoms with Crippen molar-refractivity contribution in [1.29, 1.82) is 0 Å². The van der Waals surface area contributed by atoms with Crippen LogP contribution in [0.5, 0.6) is 0 Å². The van der Waals surface area contributed by atoms with Gasteiger partial charge in [-0.05, 0) is 42.3 Å². The Labute approximate surface area is 121 Å². The van der Waals surface area contributed by atoms with E-state index in [2.05, 4.69) is 49.9 Å². The Morgan fingerprint density at radius 1 is 1.37 bits per heavy atom. The summed E-state index contributed by atoms with van der Waals surface area (Å²) in [5.74, 6) is 1.22. The molecule has 1 atom stereocenters. The maximum atomic E-state index is 5.90. The predicted octanol–water partition coefficient (Wildman–Crippen LogP) is 3.53. The zero-order chi connectivity index (χ0) is 13.9. The van der Waals surface area contributed by atoms with Crippen LogP contribution in [0.4, 0.5) is 0 Å². The van der Waals surface area contributed by atoms with Crippen LogP contribution < -0.4 is 5.73 Å². The van der Waals surface area contributed by atoms with Gasteiger partial charge in [-0.2, -0.15) is 0 Å². The van der Waals surface area contributed by atoms with Crippen LogP contribution in [0.25, 0.3) is 0 Å². The summed E-state index contributed by atoms with van der Waals surface area (Å²) >= 11 is 1.99. The predicted molar refractivity (Wildman–Crippen MR) is 84.6 cm³/mol. The number of benzene rings is 1. The third-order valence-electron chi connectivity index (χ3n) is 3.96. The van der Waals surface area contributed by atoms with E-state index in [-0.39, 0.29) is 5.41 Å². The highest BCUT2D eigenvalue weighted by molar-refractivity contribution is 7.99. The summed E-state index contributed by atoms with van der Waals surface area (Å²) in [7, 11) is 0. The van der Waals surface area contributed by atoms with Gasteiger partial charge >= 0.3 is 0 Å². The average Bonchev–Trinajstić information content (AvgIpc) is 2.44. The summed E-state index contributed by atoms with van der Waals surface area (Å²) < 4.78 is 0. The van der Waals surface area contributed by atoms with E-state index in [0.29, 0.717) is 6.04 Å². The Morgan fingerprint density at radius 2 is 2.11 bits per heavy atom. The minimum atomic E-state index is 0.190. The summed E-state index contributed by atoms with van der Waals surface area (Å²) in [6, 6.07) is 9.43. The van der Waals surface area contributed by atoms with Crippen molar-refractivity contribution in [2.24, 2.45) is 11.1 Å². The van der Waals surface area contributed by atoms with E-state index < -0.39 is 0 Å². The molecule has 0 spiro atoms. The van der Waals surface area contributed by atoms with Crippen molar-refractivity contribution in [2.45, 2.75) is 38.1 Å². The third-order valence-corrected chi connectivity index (χ3v) is 5.08. The molecule has 1 aromatic rings. The summed E-state index contributed by atoms with van der Waals surface area (Å²) in [4.78, 5) is 4.06. The first kappa shape index (κ1) is 14.9. The second kappa shape index (κ2) is 6.29. The Kier molecular flexibility index (Phi) is 4.93. The first-order valence-electron chi connectivity index (χ1n) is 7.23. The summed E-state index contributed by atoms with van der Waals surface area (Å²) in [6.45, 7) is 9.69. The van der Waals surface area contributed by atoms with Gasteiger partial charge in [0.1, 0.15) is 0 Å². The SMILES string of the molecule is CCN(CC(C)(C)CN)C1CCSc2ccccc21. The normalized spacial score (nSPS) is 19.5. The molecule has 3 heteroatoms. The highest BCUT2D eigenvalue weighted by Crippen LogP contribution is 2.39. The summed E-state index contributed by atoms with van der Waals surface area (Å²) in [6.07, 6.45) is 1.25. The maximum Gasteiger partial charge on any atom is 0.0367 e. The van der Waals surface area contributed by atoms with E-state index in [4.69, 9.17) is 5.73 Å². The number of nitrogens with zero attached hydrogens (tertiary/aromatic N) is 1. The molecule has 0 saturated heterocycles. The van der Waals surface area contributed by atoms with Crippen LogP contribution in [0.3, 0.4) is 0 Å². The van der Waals surface area contributed by atoms with Crippen molar-refractivity contribution in [1.82, 2.24) is 4.90 Å². The highest BCUT2D eigenvalue weighted by Gasteiger charge is 2.29. The molecule has 106 valence electrons. The van der Waals surface area contributed by atoms with Gasteiger partial charge in [0, 0.05) is 17.5 Å². The third kappa shape index (κ3) is 3.53. The quantitative estimate of drug-likeness (QED) is 0.893. The van der Waals surface area contributed by atoms with Gasteiger partial charge in [0.2, 0.25) is 0 Å². The molecule has 0 radical (unpaired) electrons. The number of thioether (sulfide) groups is 1. The lowest BCUT2D eigenvalue weighted by Gasteiger charge is -2.39. The molecule has 1 unspecified atom stereocenters. The highest BCUT2D eigenvalue weighted by atomic mass is 32.2. The summed E-state index contributed by atoms with van der Waals surface area (Å²) in [5, 5.41) is 0. The minimum absolute atomic E-state index is 0.190. The van der Waals surface area contributed by atoms with Gasteiger partial charge in [-0.25, -0.2) is 0 Å². The number of hydrogen-bond donors (Lipinski definition) is 1. The molecular weight excluding hydrogens is 252 g/mol. The smallest absolute Gasteiger partial charge is 0.0367 e. The molecule has 0 saturated carbocycles. The number of hydrogen-bond acceptors (Lipinski definition) is 3. The van der Waals surface area contributed by atoms with E-state index in [0.717, 1.165) is 19.6 Å². The van der Waals surface area contributed by atoms with Crippen molar-refractivity contribution < 1.29 is 0 Å². The van der Waals surface area contributed by atoms with Crippen molar-refractivity contribution in [2.75, 3.05) is 25.4 Å². The number of nitrogens with two attached hydrogens (primary N) is 1. The van der Waals surface area contributed by atoms with Crippen LogP contribution in [0.15, 0.2) is 29.2 Å². The first-order chi connectivity index (χ1) is 9.07. The van der Waals surface area contributed by atoms with Crippen LogP contribution in [-0.4, -0.2) is 30.3 Å². The van der Waals surface area contributed by atoms with Crippen LogP contribution in [0.1, 0.15) is 38.8 Å². The first-order valence-corrected chi connectivity index (χ1v) is 8.22. The minimum Gasteiger partial charge on any atom is -0.330 e.